The van der Waals surface area contributed by atoms with Gasteiger partial charge in [-0.25, -0.2) is 0 Å². The second kappa shape index (κ2) is 3.88. The van der Waals surface area contributed by atoms with Crippen LogP contribution in [0.1, 0.15) is 0 Å². The molecule has 0 aromatic heterocycles. The van der Waals surface area contributed by atoms with Crippen LogP contribution in [0.3, 0.4) is 0 Å². The number of fused-ring (bicyclic) bond motifs is 1. The lowest BCUT2D eigenvalue weighted by molar-refractivity contribution is -0.113. The molecule has 14 heavy (non-hydrogen) atoms. The summed E-state index contributed by atoms with van der Waals surface area (Å²) in [5, 5.41) is 0. The molecule has 1 atom stereocenters. The molecule has 1 heterocycles. The number of nitrogens with zero attached hydrogens (tertiary/aromatic N) is 1. The Labute approximate surface area is 87.2 Å². The van der Waals surface area contributed by atoms with E-state index in [2.05, 4.69) is 0 Å². The Hall–Kier alpha value is -1.22. The van der Waals surface area contributed by atoms with E-state index < -0.39 is 6.23 Å². The second-order valence-corrected chi connectivity index (χ2v) is 3.37. The summed E-state index contributed by atoms with van der Waals surface area (Å²) in [6.45, 7) is 0.613. The SMILES string of the molecule is O=CC1Oc2ccccc2N1CCCl. The van der Waals surface area contributed by atoms with Crippen molar-refractivity contribution in [3.63, 3.8) is 0 Å². The number of hydrogen-bond acceptors (Lipinski definition) is 3. The predicted molar refractivity (Wildman–Crippen MR) is 55.0 cm³/mol. The van der Waals surface area contributed by atoms with Crippen LogP contribution in [0, 0.1) is 0 Å². The van der Waals surface area contributed by atoms with Crippen molar-refractivity contribution in [1.82, 2.24) is 0 Å². The molecule has 74 valence electrons. The number of ether oxygens (including phenoxy) is 1. The van der Waals surface area contributed by atoms with E-state index in [1.165, 1.54) is 0 Å². The highest BCUT2D eigenvalue weighted by Crippen LogP contribution is 2.35. The molecule has 1 aromatic rings. The second-order valence-electron chi connectivity index (χ2n) is 2.99. The van der Waals surface area contributed by atoms with Crippen LogP contribution in [-0.4, -0.2) is 24.9 Å². The van der Waals surface area contributed by atoms with Gasteiger partial charge in [0, 0.05) is 12.4 Å². The standard InChI is InChI=1S/C10H10ClNO2/c11-5-6-12-8-3-1-2-4-9(8)14-10(12)7-13/h1-4,7,10H,5-6H2. The van der Waals surface area contributed by atoms with E-state index in [0.29, 0.717) is 12.4 Å². The molecule has 1 aliphatic rings. The first-order chi connectivity index (χ1) is 6.86. The van der Waals surface area contributed by atoms with Crippen molar-refractivity contribution in [3.8, 4) is 5.75 Å². The van der Waals surface area contributed by atoms with E-state index >= 15 is 0 Å². The largest absolute Gasteiger partial charge is 0.461 e. The lowest BCUT2D eigenvalue weighted by atomic mass is 10.3. The minimum absolute atomic E-state index is 0.474. The normalized spacial score (nSPS) is 18.9. The first-order valence-corrected chi connectivity index (χ1v) is 4.94. The van der Waals surface area contributed by atoms with Crippen molar-refractivity contribution in [2.75, 3.05) is 17.3 Å². The fraction of sp³-hybridized carbons (Fsp3) is 0.300. The van der Waals surface area contributed by atoms with Gasteiger partial charge in [-0.1, -0.05) is 12.1 Å². The van der Waals surface area contributed by atoms with Gasteiger partial charge in [-0.15, -0.1) is 11.6 Å². The van der Waals surface area contributed by atoms with Gasteiger partial charge in [0.05, 0.1) is 5.69 Å². The van der Waals surface area contributed by atoms with E-state index in [1.807, 2.05) is 29.2 Å². The average molecular weight is 212 g/mol. The lowest BCUT2D eigenvalue weighted by Gasteiger charge is -2.19. The molecule has 0 aliphatic carbocycles. The molecule has 1 aliphatic heterocycles. The third-order valence-electron chi connectivity index (χ3n) is 2.17. The number of benzene rings is 1. The highest BCUT2D eigenvalue weighted by molar-refractivity contribution is 6.18. The Kier molecular flexibility index (Phi) is 2.59. The number of carbonyl (C=O) groups is 1. The monoisotopic (exact) mass is 211 g/mol. The molecular formula is C10H10ClNO2. The van der Waals surface area contributed by atoms with Crippen LogP contribution >= 0.6 is 11.6 Å². The van der Waals surface area contributed by atoms with Crippen LogP contribution in [0.5, 0.6) is 5.75 Å². The Bertz CT molecular complexity index is 343. The maximum atomic E-state index is 10.8. The van der Waals surface area contributed by atoms with Gasteiger partial charge in [0.15, 0.2) is 6.29 Å². The molecule has 0 amide bonds. The van der Waals surface area contributed by atoms with Crippen LogP contribution in [0.2, 0.25) is 0 Å². The molecule has 0 radical (unpaired) electrons. The molecule has 1 unspecified atom stereocenters. The van der Waals surface area contributed by atoms with Gasteiger partial charge in [0.1, 0.15) is 5.75 Å². The highest BCUT2D eigenvalue weighted by atomic mass is 35.5. The van der Waals surface area contributed by atoms with Gasteiger partial charge >= 0.3 is 0 Å². The Balaban J connectivity index is 2.31. The molecule has 0 spiro atoms. The third-order valence-corrected chi connectivity index (χ3v) is 2.34. The van der Waals surface area contributed by atoms with Crippen molar-refractivity contribution in [1.29, 1.82) is 0 Å². The first-order valence-electron chi connectivity index (χ1n) is 4.40. The quantitative estimate of drug-likeness (QED) is 0.563. The van der Waals surface area contributed by atoms with Crippen LogP contribution in [0.4, 0.5) is 5.69 Å². The highest BCUT2D eigenvalue weighted by Gasteiger charge is 2.29. The zero-order valence-electron chi connectivity index (χ0n) is 7.52. The van der Waals surface area contributed by atoms with E-state index in [-0.39, 0.29) is 0 Å². The van der Waals surface area contributed by atoms with Crippen LogP contribution < -0.4 is 9.64 Å². The molecule has 3 nitrogen and oxygen atoms in total. The first kappa shape index (κ1) is 9.34. The Morgan fingerprint density at radius 1 is 1.50 bits per heavy atom. The summed E-state index contributed by atoms with van der Waals surface area (Å²) in [6, 6.07) is 7.56. The van der Waals surface area contributed by atoms with E-state index in [4.69, 9.17) is 16.3 Å². The van der Waals surface area contributed by atoms with Crippen molar-refractivity contribution < 1.29 is 9.53 Å². The Morgan fingerprint density at radius 3 is 3.00 bits per heavy atom. The van der Waals surface area contributed by atoms with Crippen molar-refractivity contribution in [2.24, 2.45) is 0 Å². The number of para-hydroxylation sites is 2. The maximum Gasteiger partial charge on any atom is 0.229 e. The summed E-state index contributed by atoms with van der Waals surface area (Å²) in [5.41, 5.74) is 0.935. The molecular weight excluding hydrogens is 202 g/mol. The average Bonchev–Trinajstić information content (AvgIpc) is 2.58. The van der Waals surface area contributed by atoms with Gasteiger partial charge in [-0.05, 0) is 12.1 Å². The van der Waals surface area contributed by atoms with Crippen molar-refractivity contribution in [2.45, 2.75) is 6.23 Å². The molecule has 0 saturated heterocycles. The van der Waals surface area contributed by atoms with Gasteiger partial charge < -0.3 is 9.64 Å². The molecule has 4 heteroatoms. The minimum atomic E-state index is -0.522. The summed E-state index contributed by atoms with van der Waals surface area (Å²) in [4.78, 5) is 12.6. The van der Waals surface area contributed by atoms with Gasteiger partial charge in [-0.2, -0.15) is 0 Å². The van der Waals surface area contributed by atoms with Gasteiger partial charge in [-0.3, -0.25) is 4.79 Å². The molecule has 1 aromatic carbocycles. The summed E-state index contributed by atoms with van der Waals surface area (Å²) in [7, 11) is 0. The summed E-state index contributed by atoms with van der Waals surface area (Å²) in [5.74, 6) is 1.22. The zero-order chi connectivity index (χ0) is 9.97. The lowest BCUT2D eigenvalue weighted by Crippen LogP contribution is -2.37. The van der Waals surface area contributed by atoms with Crippen LogP contribution in [0.15, 0.2) is 24.3 Å². The van der Waals surface area contributed by atoms with Crippen LogP contribution in [0.25, 0.3) is 0 Å². The maximum absolute atomic E-state index is 10.8. The third kappa shape index (κ3) is 1.44. The zero-order valence-corrected chi connectivity index (χ0v) is 8.28. The van der Waals surface area contributed by atoms with Gasteiger partial charge in [0.2, 0.25) is 6.23 Å². The number of halogens is 1. The number of aldehydes is 1. The molecule has 0 N–H and O–H groups in total. The van der Waals surface area contributed by atoms with E-state index in [1.54, 1.807) is 0 Å². The smallest absolute Gasteiger partial charge is 0.229 e. The van der Waals surface area contributed by atoms with Crippen LogP contribution in [-0.2, 0) is 4.79 Å². The summed E-state index contributed by atoms with van der Waals surface area (Å²) in [6.07, 6.45) is 0.262. The van der Waals surface area contributed by atoms with E-state index in [9.17, 15) is 4.79 Å². The number of alkyl halides is 1. The topological polar surface area (TPSA) is 29.5 Å². The molecule has 0 bridgehead atoms. The number of rotatable bonds is 3. The summed E-state index contributed by atoms with van der Waals surface area (Å²) < 4.78 is 5.42. The Morgan fingerprint density at radius 2 is 2.29 bits per heavy atom. The number of hydrogen-bond donors (Lipinski definition) is 0. The summed E-state index contributed by atoms with van der Waals surface area (Å²) >= 11 is 5.66. The fourth-order valence-electron chi connectivity index (χ4n) is 1.56. The molecule has 0 saturated carbocycles. The number of carbonyl (C=O) groups excluding carboxylic acids is 1. The van der Waals surface area contributed by atoms with E-state index in [0.717, 1.165) is 17.7 Å². The van der Waals surface area contributed by atoms with Crippen molar-refractivity contribution >= 4 is 23.6 Å². The van der Waals surface area contributed by atoms with Gasteiger partial charge in [0.25, 0.3) is 0 Å². The van der Waals surface area contributed by atoms with Crippen molar-refractivity contribution in [3.05, 3.63) is 24.3 Å². The fourth-order valence-corrected chi connectivity index (χ4v) is 1.75. The number of anilines is 1. The molecule has 0 fully saturated rings. The predicted octanol–water partition coefficient (Wildman–Crippen LogP) is 1.65. The minimum Gasteiger partial charge on any atom is -0.461 e. The molecule has 2 rings (SSSR count).